The number of para-hydroxylation sites is 1. The number of hydrogen-bond donors (Lipinski definition) is 1. The van der Waals surface area contributed by atoms with E-state index in [0.29, 0.717) is 53.7 Å². The van der Waals surface area contributed by atoms with E-state index in [1.54, 1.807) is 0 Å². The van der Waals surface area contributed by atoms with Gasteiger partial charge in [0.25, 0.3) is 0 Å². The predicted molar refractivity (Wildman–Crippen MR) is 146 cm³/mol. The van der Waals surface area contributed by atoms with E-state index >= 15 is 0 Å². The van der Waals surface area contributed by atoms with Gasteiger partial charge in [-0.25, -0.2) is 14.6 Å². The second-order valence-corrected chi connectivity index (χ2v) is 9.30. The van der Waals surface area contributed by atoms with Crippen LogP contribution in [0.1, 0.15) is 25.3 Å². The fourth-order valence-corrected chi connectivity index (χ4v) is 4.78. The second-order valence-electron chi connectivity index (χ2n) is 8.92. The Labute approximate surface area is 225 Å². The number of fused-ring (bicyclic) bond motifs is 1. The molecular formula is C28H27ClN6O3. The Hall–Kier alpha value is -4.24. The molecule has 1 saturated heterocycles. The third-order valence-corrected chi connectivity index (χ3v) is 6.61. The highest BCUT2D eigenvalue weighted by molar-refractivity contribution is 6.18. The van der Waals surface area contributed by atoms with Gasteiger partial charge in [0.1, 0.15) is 29.3 Å². The number of ether oxygens (including phenoxy) is 1. The summed E-state index contributed by atoms with van der Waals surface area (Å²) in [5.74, 6) is 1.70. The maximum absolute atomic E-state index is 12.6. The van der Waals surface area contributed by atoms with Crippen LogP contribution in [0.5, 0.6) is 11.5 Å². The first-order chi connectivity index (χ1) is 18.6. The van der Waals surface area contributed by atoms with Crippen molar-refractivity contribution in [1.82, 2.24) is 24.6 Å². The van der Waals surface area contributed by atoms with Crippen molar-refractivity contribution in [2.24, 2.45) is 0 Å². The summed E-state index contributed by atoms with van der Waals surface area (Å²) in [6.45, 7) is 4.74. The number of likely N-dealkylation sites (tertiary alicyclic amines) is 1. The van der Waals surface area contributed by atoms with E-state index in [2.05, 4.69) is 21.9 Å². The van der Waals surface area contributed by atoms with Gasteiger partial charge in [0, 0.05) is 31.0 Å². The van der Waals surface area contributed by atoms with Crippen LogP contribution < -0.4 is 10.1 Å². The minimum atomic E-state index is -0.383. The Kier molecular flexibility index (Phi) is 7.65. The molecule has 1 aliphatic heterocycles. The lowest BCUT2D eigenvalue weighted by molar-refractivity contribution is -0.132. The molecule has 0 radical (unpaired) electrons. The molecular weight excluding hydrogens is 504 g/mol. The van der Waals surface area contributed by atoms with E-state index in [0.717, 1.165) is 24.2 Å². The lowest BCUT2D eigenvalue weighted by atomic mass is 10.1. The van der Waals surface area contributed by atoms with Gasteiger partial charge in [-0.15, -0.1) is 11.6 Å². The highest BCUT2D eigenvalue weighted by Gasteiger charge is 2.29. The molecule has 0 saturated carbocycles. The molecule has 10 heteroatoms. The van der Waals surface area contributed by atoms with E-state index < -0.39 is 0 Å². The summed E-state index contributed by atoms with van der Waals surface area (Å²) in [5, 5.41) is 8.36. The molecule has 0 spiro atoms. The molecule has 1 N–H and O–H groups in total. The summed E-state index contributed by atoms with van der Waals surface area (Å²) in [4.78, 5) is 35.5. The zero-order valence-electron chi connectivity index (χ0n) is 20.7. The molecule has 2 amide bonds. The van der Waals surface area contributed by atoms with Gasteiger partial charge in [-0.05, 0) is 55.3 Å². The molecule has 5 rings (SSSR count). The molecule has 1 aliphatic rings. The summed E-state index contributed by atoms with van der Waals surface area (Å²) in [7, 11) is 0. The van der Waals surface area contributed by atoms with Crippen molar-refractivity contribution in [2.75, 3.05) is 24.3 Å². The van der Waals surface area contributed by atoms with Crippen LogP contribution in [0.15, 0.2) is 73.6 Å². The maximum Gasteiger partial charge on any atom is 0.248 e. The third-order valence-electron chi connectivity index (χ3n) is 6.43. The molecule has 3 heterocycles. The van der Waals surface area contributed by atoms with E-state index in [1.165, 1.54) is 12.4 Å². The molecule has 1 atom stereocenters. The van der Waals surface area contributed by atoms with E-state index in [1.807, 2.05) is 64.2 Å². The molecule has 0 bridgehead atoms. The summed E-state index contributed by atoms with van der Waals surface area (Å²) in [6.07, 6.45) is 4.57. The van der Waals surface area contributed by atoms with Gasteiger partial charge in [0.15, 0.2) is 5.65 Å². The van der Waals surface area contributed by atoms with Crippen LogP contribution in [0.4, 0.5) is 5.82 Å². The topological polar surface area (TPSA) is 102 Å². The van der Waals surface area contributed by atoms with Crippen LogP contribution >= 0.6 is 11.6 Å². The molecule has 194 valence electrons. The van der Waals surface area contributed by atoms with Crippen LogP contribution in [0.3, 0.4) is 0 Å². The number of amides is 2. The minimum absolute atomic E-state index is 0.0314. The van der Waals surface area contributed by atoms with E-state index in [-0.39, 0.29) is 17.9 Å². The fraction of sp³-hybridized carbons (Fsp3) is 0.250. The molecule has 0 unspecified atom stereocenters. The maximum atomic E-state index is 12.6. The number of rotatable bonds is 8. The van der Waals surface area contributed by atoms with Gasteiger partial charge in [-0.2, -0.15) is 5.10 Å². The first-order valence-electron chi connectivity index (χ1n) is 12.4. The van der Waals surface area contributed by atoms with Gasteiger partial charge >= 0.3 is 0 Å². The SMILES string of the molecule is C=CC(=O)Nc1ncnc2c1c(-c1ccc(Oc3ccccc3)cc1)nn2[C@@H]1CCCN(C(=O)CCCl)C1. The van der Waals surface area contributed by atoms with Crippen molar-refractivity contribution in [3.8, 4) is 22.8 Å². The lowest BCUT2D eigenvalue weighted by Gasteiger charge is -2.33. The molecule has 4 aromatic rings. The third kappa shape index (κ3) is 5.38. The van der Waals surface area contributed by atoms with Gasteiger partial charge in [0.05, 0.1) is 11.4 Å². The number of carbonyl (C=O) groups is 2. The summed E-state index contributed by atoms with van der Waals surface area (Å²) < 4.78 is 7.79. The number of benzene rings is 2. The number of anilines is 1. The van der Waals surface area contributed by atoms with Crippen LogP contribution in [-0.4, -0.2) is 55.4 Å². The Morgan fingerprint density at radius 1 is 1.11 bits per heavy atom. The molecule has 2 aromatic heterocycles. The van der Waals surface area contributed by atoms with Crippen molar-refractivity contribution in [3.63, 3.8) is 0 Å². The van der Waals surface area contributed by atoms with Crippen molar-refractivity contribution < 1.29 is 14.3 Å². The summed E-state index contributed by atoms with van der Waals surface area (Å²) in [6, 6.07) is 17.0. The summed E-state index contributed by atoms with van der Waals surface area (Å²) >= 11 is 5.81. The van der Waals surface area contributed by atoms with Crippen LogP contribution in [0.25, 0.3) is 22.3 Å². The number of nitrogens with zero attached hydrogens (tertiary/aromatic N) is 5. The zero-order valence-corrected chi connectivity index (χ0v) is 21.5. The Morgan fingerprint density at radius 3 is 2.61 bits per heavy atom. The number of piperidine rings is 1. The number of nitrogens with one attached hydrogen (secondary N) is 1. The van der Waals surface area contributed by atoms with Crippen molar-refractivity contribution in [2.45, 2.75) is 25.3 Å². The van der Waals surface area contributed by atoms with Gasteiger partial charge in [-0.3, -0.25) is 9.59 Å². The Balaban J connectivity index is 1.54. The van der Waals surface area contributed by atoms with Crippen molar-refractivity contribution >= 4 is 40.3 Å². The quantitative estimate of drug-likeness (QED) is 0.248. The number of carbonyl (C=O) groups excluding carboxylic acids is 2. The highest BCUT2D eigenvalue weighted by atomic mass is 35.5. The number of aromatic nitrogens is 4. The molecule has 38 heavy (non-hydrogen) atoms. The van der Waals surface area contributed by atoms with Crippen LogP contribution in [0, 0.1) is 0 Å². The lowest BCUT2D eigenvalue weighted by Crippen LogP contribution is -2.41. The Morgan fingerprint density at radius 2 is 1.87 bits per heavy atom. The first kappa shape index (κ1) is 25.4. The smallest absolute Gasteiger partial charge is 0.248 e. The second kappa shape index (κ2) is 11.4. The standard InChI is InChI=1S/C28H27ClN6O3/c1-2-23(36)32-27-25-26(19-10-12-22(13-11-19)38-21-8-4-3-5-9-21)33-35(28(25)31-18-30-27)20-7-6-16-34(17-20)24(37)14-15-29/h2-5,8-13,18,20H,1,6-7,14-17H2,(H,30,31,32,36)/t20-/m1/s1. The number of halogens is 1. The average molecular weight is 531 g/mol. The first-order valence-corrected chi connectivity index (χ1v) is 12.9. The van der Waals surface area contributed by atoms with Gasteiger partial charge in [0.2, 0.25) is 11.8 Å². The van der Waals surface area contributed by atoms with Gasteiger partial charge in [-0.1, -0.05) is 24.8 Å². The molecule has 1 fully saturated rings. The van der Waals surface area contributed by atoms with Gasteiger partial charge < -0.3 is 15.0 Å². The zero-order chi connectivity index (χ0) is 26.5. The fourth-order valence-electron chi connectivity index (χ4n) is 4.62. The average Bonchev–Trinajstić information content (AvgIpc) is 3.35. The number of hydrogen-bond acceptors (Lipinski definition) is 6. The molecule has 0 aliphatic carbocycles. The Bertz CT molecular complexity index is 1450. The predicted octanol–water partition coefficient (Wildman–Crippen LogP) is 5.20. The normalized spacial score (nSPS) is 15.3. The monoisotopic (exact) mass is 530 g/mol. The van der Waals surface area contributed by atoms with Crippen molar-refractivity contribution in [1.29, 1.82) is 0 Å². The van der Waals surface area contributed by atoms with Crippen LogP contribution in [-0.2, 0) is 9.59 Å². The highest BCUT2D eigenvalue weighted by Crippen LogP contribution is 2.36. The summed E-state index contributed by atoms with van der Waals surface area (Å²) in [5.41, 5.74) is 2.01. The van der Waals surface area contributed by atoms with E-state index in [4.69, 9.17) is 21.4 Å². The molecule has 9 nitrogen and oxygen atoms in total. The van der Waals surface area contributed by atoms with Crippen molar-refractivity contribution in [3.05, 3.63) is 73.6 Å². The van der Waals surface area contributed by atoms with E-state index in [9.17, 15) is 9.59 Å². The largest absolute Gasteiger partial charge is 0.457 e. The number of alkyl halides is 1. The minimum Gasteiger partial charge on any atom is -0.457 e. The van der Waals surface area contributed by atoms with Crippen LogP contribution in [0.2, 0.25) is 0 Å². The molecule has 2 aromatic carbocycles.